The predicted octanol–water partition coefficient (Wildman–Crippen LogP) is 3.92. The van der Waals surface area contributed by atoms with Crippen molar-refractivity contribution in [3.8, 4) is 0 Å². The summed E-state index contributed by atoms with van der Waals surface area (Å²) in [5, 5.41) is 21.1. The lowest BCUT2D eigenvalue weighted by molar-refractivity contribution is -0.197. The van der Waals surface area contributed by atoms with Gasteiger partial charge in [-0.3, -0.25) is 4.79 Å². The molecule has 0 aromatic carbocycles. The summed E-state index contributed by atoms with van der Waals surface area (Å²) in [6, 6.07) is 0. The number of carbonyl (C=O) groups is 2. The zero-order valence-electron chi connectivity index (χ0n) is 21.6. The molecule has 194 valence electrons. The summed E-state index contributed by atoms with van der Waals surface area (Å²) in [5.41, 5.74) is -1.47. The number of carboxylic acid groups (broad SMARTS) is 1. The molecule has 0 amide bonds. The van der Waals surface area contributed by atoms with E-state index in [1.54, 1.807) is 0 Å². The topological polar surface area (TPSA) is 87.1 Å². The molecule has 5 fully saturated rings. The van der Waals surface area contributed by atoms with Crippen molar-refractivity contribution in [2.45, 2.75) is 90.4 Å². The molecule has 2 saturated heterocycles. The lowest BCUT2D eigenvalue weighted by Crippen LogP contribution is -2.65. The molecule has 6 rings (SSSR count). The molecule has 6 unspecified atom stereocenters. The summed E-state index contributed by atoms with van der Waals surface area (Å²) in [7, 11) is 0. The van der Waals surface area contributed by atoms with Gasteiger partial charge in [-0.25, -0.2) is 0 Å². The van der Waals surface area contributed by atoms with Crippen LogP contribution < -0.4 is 0 Å². The van der Waals surface area contributed by atoms with Crippen molar-refractivity contribution in [1.29, 1.82) is 0 Å². The minimum Gasteiger partial charge on any atom is -0.481 e. The number of carboxylic acids is 1. The van der Waals surface area contributed by atoms with E-state index in [0.717, 1.165) is 76.4 Å². The molecule has 35 heavy (non-hydrogen) atoms. The zero-order valence-corrected chi connectivity index (χ0v) is 21.6. The van der Waals surface area contributed by atoms with Crippen LogP contribution in [-0.4, -0.2) is 65.3 Å². The highest BCUT2D eigenvalue weighted by Crippen LogP contribution is 2.84. The van der Waals surface area contributed by atoms with Gasteiger partial charge < -0.3 is 24.6 Å². The third kappa shape index (κ3) is 2.88. The van der Waals surface area contributed by atoms with E-state index < -0.39 is 22.2 Å². The second-order valence-corrected chi connectivity index (χ2v) is 13.2. The number of allylic oxidation sites excluding steroid dienone is 1. The molecule has 2 aliphatic heterocycles. The first-order valence-corrected chi connectivity index (χ1v) is 14.2. The fourth-order valence-corrected chi connectivity index (χ4v) is 10.5. The third-order valence-corrected chi connectivity index (χ3v) is 11.7. The van der Waals surface area contributed by atoms with E-state index >= 15 is 0 Å². The number of likely N-dealkylation sites (tertiary alicyclic amines) is 1. The van der Waals surface area contributed by atoms with Crippen LogP contribution in [0, 0.1) is 45.8 Å². The van der Waals surface area contributed by atoms with Crippen molar-refractivity contribution in [1.82, 2.24) is 4.90 Å². The van der Waals surface area contributed by atoms with Crippen molar-refractivity contribution >= 4 is 12.3 Å². The summed E-state index contributed by atoms with van der Waals surface area (Å²) in [5.74, 6) is 0.532. The number of aliphatic carboxylic acids is 1. The summed E-state index contributed by atoms with van der Waals surface area (Å²) in [4.78, 5) is 29.3. The molecular formula is C29H43NO5. The summed E-state index contributed by atoms with van der Waals surface area (Å²) < 4.78 is 6.89. The Kier molecular flexibility index (Phi) is 5.60. The van der Waals surface area contributed by atoms with Crippen molar-refractivity contribution in [3.05, 3.63) is 11.6 Å². The number of piperidine rings is 1. The quantitative estimate of drug-likeness (QED) is 0.438. The number of nitrogens with zero attached hydrogens (tertiary/aromatic N) is 1. The monoisotopic (exact) mass is 485 g/mol. The van der Waals surface area contributed by atoms with Gasteiger partial charge in [0.05, 0.1) is 23.7 Å². The van der Waals surface area contributed by atoms with Crippen LogP contribution in [0.2, 0.25) is 0 Å². The number of hydrogen-bond acceptors (Lipinski definition) is 5. The zero-order chi connectivity index (χ0) is 24.8. The first-order valence-electron chi connectivity index (χ1n) is 14.2. The summed E-state index contributed by atoms with van der Waals surface area (Å²) in [6.07, 6.45) is 10.3. The van der Waals surface area contributed by atoms with Gasteiger partial charge in [0.15, 0.2) is 0 Å². The normalized spacial score (nSPS) is 49.5. The van der Waals surface area contributed by atoms with E-state index in [-0.39, 0.29) is 36.1 Å². The number of aliphatic hydroxyl groups excluding tert-OH is 1. The van der Waals surface area contributed by atoms with Crippen molar-refractivity contribution < 1.29 is 24.5 Å². The van der Waals surface area contributed by atoms with E-state index in [0.29, 0.717) is 18.3 Å². The molecule has 6 nitrogen and oxygen atoms in total. The lowest BCUT2D eigenvalue weighted by atomic mass is 9.41. The minimum atomic E-state index is -1.14. The van der Waals surface area contributed by atoms with E-state index in [4.69, 9.17) is 4.74 Å². The molecule has 0 aromatic heterocycles. The Hall–Kier alpha value is -1.24. The van der Waals surface area contributed by atoms with Crippen molar-refractivity contribution in [2.75, 3.05) is 19.6 Å². The molecule has 0 radical (unpaired) electrons. The van der Waals surface area contributed by atoms with E-state index in [1.165, 1.54) is 0 Å². The first-order chi connectivity index (χ1) is 16.7. The Bertz CT molecular complexity index is 924. The molecule has 4 aliphatic carbocycles. The smallest absolute Gasteiger partial charge is 0.315 e. The molecule has 0 aromatic rings. The highest BCUT2D eigenvalue weighted by molar-refractivity contribution is 5.90. The Morgan fingerprint density at radius 3 is 2.57 bits per heavy atom. The summed E-state index contributed by atoms with van der Waals surface area (Å²) in [6.45, 7) is 9.18. The van der Waals surface area contributed by atoms with Gasteiger partial charge in [-0.2, -0.15) is 0 Å². The highest BCUT2D eigenvalue weighted by atomic mass is 16.5. The van der Waals surface area contributed by atoms with Crippen LogP contribution >= 0.6 is 0 Å². The number of ether oxygens (including phenoxy) is 1. The standard InChI is InChI=1S/C29H43NO5/c1-17(2)24-12-19-13-27(16-31)23-6-4-18(3)22(23)14-28(19,29(24,27)26(33)34)25-7-5-21(35-25)15-30-10-8-20(32)9-11-30/h12,16-23,25,32H,4-11,13-15H2,1-3H3,(H,33,34)/t18-,19?,21?,22-,23-,25?,27?,28?,29?/m1/s1. The maximum absolute atomic E-state index is 13.6. The average molecular weight is 486 g/mol. The van der Waals surface area contributed by atoms with E-state index in [9.17, 15) is 19.8 Å². The van der Waals surface area contributed by atoms with Gasteiger partial charge in [0.2, 0.25) is 0 Å². The number of carbonyl (C=O) groups excluding carboxylic acids is 1. The van der Waals surface area contributed by atoms with Gasteiger partial charge >= 0.3 is 5.97 Å². The first kappa shape index (κ1) is 24.1. The molecule has 6 aliphatic rings. The number of rotatable bonds is 6. The predicted molar refractivity (Wildman–Crippen MR) is 132 cm³/mol. The lowest BCUT2D eigenvalue weighted by Gasteiger charge is -2.60. The van der Waals surface area contributed by atoms with Gasteiger partial charge in [-0.15, -0.1) is 0 Å². The van der Waals surface area contributed by atoms with E-state index in [2.05, 4.69) is 31.7 Å². The SMILES string of the molecule is CC(C)C1=CC2CC3(C=O)[C@@H]4CC[C@@H](C)[C@H]4CC2(C2CCC(CN4CCC(O)CC4)O2)C13C(=O)O. The Morgan fingerprint density at radius 2 is 1.91 bits per heavy atom. The van der Waals surface area contributed by atoms with Gasteiger partial charge in [-0.1, -0.05) is 38.8 Å². The number of aliphatic hydroxyl groups is 1. The fourth-order valence-electron chi connectivity index (χ4n) is 10.5. The third-order valence-electron chi connectivity index (χ3n) is 11.7. The van der Waals surface area contributed by atoms with Crippen LogP contribution in [0.4, 0.5) is 0 Å². The van der Waals surface area contributed by atoms with Crippen molar-refractivity contribution in [3.63, 3.8) is 0 Å². The maximum Gasteiger partial charge on any atom is 0.315 e. The largest absolute Gasteiger partial charge is 0.481 e. The number of fused-ring (bicyclic) bond motifs is 2. The second kappa shape index (κ2) is 8.13. The molecule has 2 heterocycles. The van der Waals surface area contributed by atoms with Crippen LogP contribution in [0.15, 0.2) is 11.6 Å². The van der Waals surface area contributed by atoms with Crippen LogP contribution in [0.5, 0.6) is 0 Å². The van der Waals surface area contributed by atoms with Crippen LogP contribution in [-0.2, 0) is 14.3 Å². The van der Waals surface area contributed by atoms with E-state index in [1.807, 2.05) is 0 Å². The molecule has 9 atom stereocenters. The maximum atomic E-state index is 13.6. The Balaban J connectivity index is 1.39. The van der Waals surface area contributed by atoms with Gasteiger partial charge in [-0.05, 0) is 74.5 Å². The van der Waals surface area contributed by atoms with Crippen LogP contribution in [0.1, 0.15) is 72.1 Å². The number of aldehydes is 1. The second-order valence-electron chi connectivity index (χ2n) is 13.2. The number of hydrogen-bond donors (Lipinski definition) is 2. The fraction of sp³-hybridized carbons (Fsp3) is 0.862. The van der Waals surface area contributed by atoms with Gasteiger partial charge in [0, 0.05) is 25.0 Å². The Labute approximate surface area is 209 Å². The van der Waals surface area contributed by atoms with Gasteiger partial charge in [0.25, 0.3) is 0 Å². The molecular weight excluding hydrogens is 442 g/mol. The highest BCUT2D eigenvalue weighted by Gasteiger charge is 2.86. The molecule has 2 N–H and O–H groups in total. The Morgan fingerprint density at radius 1 is 1.17 bits per heavy atom. The molecule has 4 bridgehead atoms. The van der Waals surface area contributed by atoms with Crippen LogP contribution in [0.3, 0.4) is 0 Å². The minimum absolute atomic E-state index is 0.0994. The average Bonchev–Trinajstić information content (AvgIpc) is 3.55. The van der Waals surface area contributed by atoms with Gasteiger partial charge in [0.1, 0.15) is 11.7 Å². The molecule has 0 spiro atoms. The molecule has 3 saturated carbocycles. The van der Waals surface area contributed by atoms with Crippen molar-refractivity contribution in [2.24, 2.45) is 45.8 Å². The molecule has 6 heteroatoms. The van der Waals surface area contributed by atoms with Crippen LogP contribution in [0.25, 0.3) is 0 Å². The summed E-state index contributed by atoms with van der Waals surface area (Å²) >= 11 is 0.